The molecular weight excluding hydrogens is 348 g/mol. The number of hydrogen-bond donors (Lipinski definition) is 1. The fourth-order valence-electron chi connectivity index (χ4n) is 3.71. The van der Waals surface area contributed by atoms with E-state index in [0.717, 1.165) is 15.3 Å². The lowest BCUT2D eigenvalue weighted by Gasteiger charge is -2.56. The molecule has 3 unspecified atom stereocenters. The molecule has 0 spiro atoms. The van der Waals surface area contributed by atoms with Gasteiger partial charge in [0.15, 0.2) is 10.8 Å². The highest BCUT2D eigenvalue weighted by atomic mass is 79.9. The van der Waals surface area contributed by atoms with Gasteiger partial charge < -0.3 is 15.0 Å². The molecule has 1 N–H and O–H groups in total. The molecule has 1 saturated carbocycles. The third-order valence-electron chi connectivity index (χ3n) is 5.09. The third-order valence-corrected chi connectivity index (χ3v) is 6.00. The molecule has 21 heavy (non-hydrogen) atoms. The summed E-state index contributed by atoms with van der Waals surface area (Å²) in [6.07, 6.45) is 2.42. The molecule has 1 aromatic carbocycles. The summed E-state index contributed by atoms with van der Waals surface area (Å²) >= 11 is 9.31. The molecule has 1 aliphatic carbocycles. The van der Waals surface area contributed by atoms with Crippen molar-refractivity contribution in [3.8, 4) is 5.75 Å². The molecule has 0 aromatic heterocycles. The lowest BCUT2D eigenvalue weighted by atomic mass is 9.80. The fourth-order valence-corrected chi connectivity index (χ4v) is 4.84. The Kier molecular flexibility index (Phi) is 2.87. The Labute approximate surface area is 139 Å². The smallest absolute Gasteiger partial charge is 0.187 e. The van der Waals surface area contributed by atoms with Gasteiger partial charge in [-0.1, -0.05) is 13.0 Å². The van der Waals surface area contributed by atoms with Crippen molar-refractivity contribution in [2.45, 2.75) is 51.4 Å². The van der Waals surface area contributed by atoms with Crippen LogP contribution in [0.15, 0.2) is 16.6 Å². The number of rotatable bonds is 1. The average molecular weight is 367 g/mol. The first-order valence-corrected chi connectivity index (χ1v) is 8.71. The predicted octanol–water partition coefficient (Wildman–Crippen LogP) is 3.90. The number of ether oxygens (including phenoxy) is 1. The number of thiocarbonyl (C=S) groups is 1. The monoisotopic (exact) mass is 366 g/mol. The lowest BCUT2D eigenvalue weighted by molar-refractivity contribution is -0.114. The van der Waals surface area contributed by atoms with E-state index in [-0.39, 0.29) is 11.8 Å². The summed E-state index contributed by atoms with van der Waals surface area (Å²) in [7, 11) is 0. The number of nitrogens with one attached hydrogen (secondary N) is 1. The topological polar surface area (TPSA) is 24.5 Å². The zero-order valence-electron chi connectivity index (χ0n) is 12.4. The van der Waals surface area contributed by atoms with Gasteiger partial charge in [-0.15, -0.1) is 0 Å². The van der Waals surface area contributed by atoms with Crippen LogP contribution in [-0.4, -0.2) is 21.8 Å². The van der Waals surface area contributed by atoms with E-state index in [1.54, 1.807) is 0 Å². The van der Waals surface area contributed by atoms with E-state index in [1.807, 2.05) is 0 Å². The van der Waals surface area contributed by atoms with Crippen LogP contribution in [0, 0.1) is 12.8 Å². The maximum absolute atomic E-state index is 6.52. The maximum atomic E-state index is 6.52. The molecule has 5 heteroatoms. The highest BCUT2D eigenvalue weighted by molar-refractivity contribution is 9.10. The summed E-state index contributed by atoms with van der Waals surface area (Å²) in [5, 5.41) is 4.40. The zero-order valence-corrected chi connectivity index (χ0v) is 14.8. The van der Waals surface area contributed by atoms with Crippen molar-refractivity contribution in [1.82, 2.24) is 10.2 Å². The van der Waals surface area contributed by atoms with Crippen LogP contribution in [-0.2, 0) is 0 Å². The Balaban J connectivity index is 1.88. The minimum Gasteiger partial charge on any atom is -0.466 e. The molecule has 2 bridgehead atoms. The maximum Gasteiger partial charge on any atom is 0.187 e. The van der Waals surface area contributed by atoms with Gasteiger partial charge in [-0.2, -0.15) is 0 Å². The summed E-state index contributed by atoms with van der Waals surface area (Å²) in [6.45, 7) is 6.56. The molecule has 2 heterocycles. The van der Waals surface area contributed by atoms with Gasteiger partial charge in [0.2, 0.25) is 0 Å². The molecule has 0 radical (unpaired) electrons. The van der Waals surface area contributed by atoms with E-state index in [1.165, 1.54) is 24.0 Å². The number of hydrogen-bond acceptors (Lipinski definition) is 2. The van der Waals surface area contributed by atoms with E-state index in [0.29, 0.717) is 12.0 Å². The highest BCUT2D eigenvalue weighted by Crippen LogP contribution is 2.52. The van der Waals surface area contributed by atoms with Crippen LogP contribution in [0.4, 0.5) is 0 Å². The van der Waals surface area contributed by atoms with Crippen LogP contribution in [0.25, 0.3) is 0 Å². The second-order valence-corrected chi connectivity index (χ2v) is 7.88. The van der Waals surface area contributed by atoms with Crippen molar-refractivity contribution in [3.05, 3.63) is 27.7 Å². The molecule has 4 rings (SSSR count). The van der Waals surface area contributed by atoms with Gasteiger partial charge in [0.05, 0.1) is 10.5 Å². The van der Waals surface area contributed by atoms with Gasteiger partial charge in [-0.25, -0.2) is 0 Å². The normalized spacial score (nSPS) is 34.1. The van der Waals surface area contributed by atoms with E-state index in [2.05, 4.69) is 59.1 Å². The van der Waals surface area contributed by atoms with Crippen LogP contribution >= 0.6 is 28.1 Å². The fraction of sp³-hybridized carbons (Fsp3) is 0.562. The summed E-state index contributed by atoms with van der Waals surface area (Å²) in [5.41, 5.74) is 2.08. The van der Waals surface area contributed by atoms with Gasteiger partial charge in [0.1, 0.15) is 5.75 Å². The molecule has 1 aromatic rings. The Bertz CT molecular complexity index is 645. The highest BCUT2D eigenvalue weighted by Gasteiger charge is 2.57. The first kappa shape index (κ1) is 13.8. The number of nitrogens with zero attached hydrogens (tertiary/aromatic N) is 1. The Morgan fingerprint density at radius 1 is 1.43 bits per heavy atom. The van der Waals surface area contributed by atoms with Gasteiger partial charge in [0.25, 0.3) is 0 Å². The van der Waals surface area contributed by atoms with Gasteiger partial charge in [-0.05, 0) is 66.5 Å². The zero-order chi connectivity index (χ0) is 14.9. The number of fused-ring (bicyclic) bond motifs is 4. The van der Waals surface area contributed by atoms with Crippen molar-refractivity contribution >= 4 is 33.3 Å². The Morgan fingerprint density at radius 3 is 2.81 bits per heavy atom. The molecule has 112 valence electrons. The first-order valence-electron chi connectivity index (χ1n) is 7.50. The van der Waals surface area contributed by atoms with E-state index >= 15 is 0 Å². The van der Waals surface area contributed by atoms with Crippen LogP contribution < -0.4 is 10.1 Å². The second kappa shape index (κ2) is 4.35. The van der Waals surface area contributed by atoms with Crippen molar-refractivity contribution in [3.63, 3.8) is 0 Å². The molecule has 3 atom stereocenters. The number of aryl methyl sites for hydroxylation is 1. The minimum atomic E-state index is -0.362. The first-order chi connectivity index (χ1) is 9.91. The van der Waals surface area contributed by atoms with Gasteiger partial charge >= 0.3 is 0 Å². The van der Waals surface area contributed by atoms with E-state index in [4.69, 9.17) is 17.0 Å². The second-order valence-electron chi connectivity index (χ2n) is 6.64. The van der Waals surface area contributed by atoms with Crippen LogP contribution in [0.5, 0.6) is 5.75 Å². The molecule has 1 saturated heterocycles. The summed E-state index contributed by atoms with van der Waals surface area (Å²) in [5.74, 6) is 1.30. The van der Waals surface area contributed by atoms with Crippen molar-refractivity contribution in [2.75, 3.05) is 0 Å². The summed E-state index contributed by atoms with van der Waals surface area (Å²) in [6, 6.07) is 5.08. The molecular formula is C16H19BrN2OS. The standard InChI is InChI=1S/C16H19BrN2OS/c1-8-6-11-13-9(2)16(3,20-14(11)12(17)7-8)19(10-4-5-10)15(21)18-13/h6-7,9-10,13H,4-5H2,1-3H3,(H,18,21). The molecule has 2 aliphatic heterocycles. The predicted molar refractivity (Wildman–Crippen MR) is 90.4 cm³/mol. The Morgan fingerprint density at radius 2 is 2.14 bits per heavy atom. The number of benzene rings is 1. The third kappa shape index (κ3) is 1.86. The molecule has 3 aliphatic rings. The molecule has 2 fully saturated rings. The summed E-state index contributed by atoms with van der Waals surface area (Å²) < 4.78 is 7.56. The lowest BCUT2D eigenvalue weighted by Crippen LogP contribution is -2.69. The van der Waals surface area contributed by atoms with Crippen molar-refractivity contribution in [1.29, 1.82) is 0 Å². The quantitative estimate of drug-likeness (QED) is 0.761. The average Bonchev–Trinajstić information content (AvgIpc) is 3.20. The van der Waals surface area contributed by atoms with Crippen LogP contribution in [0.2, 0.25) is 0 Å². The van der Waals surface area contributed by atoms with Crippen LogP contribution in [0.3, 0.4) is 0 Å². The van der Waals surface area contributed by atoms with Crippen LogP contribution in [0.1, 0.15) is 43.9 Å². The Hall–Kier alpha value is -0.810. The number of halogens is 1. The minimum absolute atomic E-state index is 0.220. The van der Waals surface area contributed by atoms with E-state index < -0.39 is 0 Å². The molecule has 3 nitrogen and oxygen atoms in total. The largest absolute Gasteiger partial charge is 0.466 e. The van der Waals surface area contributed by atoms with Gasteiger partial charge in [0, 0.05) is 17.5 Å². The molecule has 0 amide bonds. The van der Waals surface area contributed by atoms with Crippen molar-refractivity contribution < 1.29 is 4.74 Å². The summed E-state index contributed by atoms with van der Waals surface area (Å²) in [4.78, 5) is 2.29. The van der Waals surface area contributed by atoms with E-state index in [9.17, 15) is 0 Å². The van der Waals surface area contributed by atoms with Crippen molar-refractivity contribution in [2.24, 2.45) is 5.92 Å². The SMILES string of the molecule is Cc1cc(Br)c2c(c1)C1NC(=S)N(C3CC3)C(C)(O2)C1C. The van der Waals surface area contributed by atoms with Gasteiger partial charge in [-0.3, -0.25) is 0 Å².